The summed E-state index contributed by atoms with van der Waals surface area (Å²) in [6, 6.07) is 14.8. The van der Waals surface area contributed by atoms with Crippen molar-refractivity contribution in [3.05, 3.63) is 76.7 Å². The molecular formula is C21H20N4O5S. The lowest BCUT2D eigenvalue weighted by Crippen LogP contribution is -2.28. The van der Waals surface area contributed by atoms with Gasteiger partial charge in [0.15, 0.2) is 0 Å². The van der Waals surface area contributed by atoms with E-state index in [-0.39, 0.29) is 22.0 Å². The molecule has 10 heteroatoms. The van der Waals surface area contributed by atoms with Crippen molar-refractivity contribution in [2.75, 3.05) is 18.4 Å². The van der Waals surface area contributed by atoms with Crippen LogP contribution in [0.15, 0.2) is 70.4 Å². The maximum Gasteiger partial charge on any atom is 0.276 e. The van der Waals surface area contributed by atoms with E-state index in [2.05, 4.69) is 10.4 Å². The molecule has 2 aromatic carbocycles. The SMILES string of the molecule is O=C(Nc1cc(S(=O)(=O)N2CCCC2)ccc1O)c1ccc(=O)n(-c2ccccc2)n1. The van der Waals surface area contributed by atoms with E-state index in [1.807, 2.05) is 0 Å². The third-order valence-electron chi connectivity index (χ3n) is 4.95. The van der Waals surface area contributed by atoms with Crippen LogP contribution in [0.2, 0.25) is 0 Å². The molecule has 0 spiro atoms. The van der Waals surface area contributed by atoms with Crippen molar-refractivity contribution in [3.8, 4) is 11.4 Å². The fourth-order valence-electron chi connectivity index (χ4n) is 3.33. The summed E-state index contributed by atoms with van der Waals surface area (Å²) in [7, 11) is -3.72. The molecular weight excluding hydrogens is 420 g/mol. The summed E-state index contributed by atoms with van der Waals surface area (Å²) in [5.74, 6) is -0.985. The highest BCUT2D eigenvalue weighted by atomic mass is 32.2. The van der Waals surface area contributed by atoms with Crippen LogP contribution in [0.5, 0.6) is 5.75 Å². The summed E-state index contributed by atoms with van der Waals surface area (Å²) in [6.07, 6.45) is 1.59. The first kappa shape index (κ1) is 20.8. The van der Waals surface area contributed by atoms with E-state index in [9.17, 15) is 23.1 Å². The molecule has 0 saturated carbocycles. The van der Waals surface area contributed by atoms with Gasteiger partial charge in [0, 0.05) is 19.2 Å². The zero-order valence-electron chi connectivity index (χ0n) is 16.4. The first-order valence-corrected chi connectivity index (χ1v) is 11.1. The monoisotopic (exact) mass is 440 g/mol. The maximum absolute atomic E-state index is 12.8. The topological polar surface area (TPSA) is 122 Å². The molecule has 2 N–H and O–H groups in total. The number of aromatic nitrogens is 2. The maximum atomic E-state index is 12.8. The number of hydrogen-bond donors (Lipinski definition) is 2. The molecule has 2 heterocycles. The average molecular weight is 440 g/mol. The Bertz CT molecular complexity index is 1280. The van der Waals surface area contributed by atoms with E-state index in [0.29, 0.717) is 18.8 Å². The highest BCUT2D eigenvalue weighted by Gasteiger charge is 2.28. The van der Waals surface area contributed by atoms with Crippen LogP contribution in [-0.4, -0.2) is 46.6 Å². The highest BCUT2D eigenvalue weighted by molar-refractivity contribution is 7.89. The van der Waals surface area contributed by atoms with Gasteiger partial charge < -0.3 is 10.4 Å². The molecule has 0 radical (unpaired) electrons. The molecule has 0 unspecified atom stereocenters. The molecule has 0 aliphatic carbocycles. The van der Waals surface area contributed by atoms with E-state index in [1.165, 1.54) is 34.6 Å². The van der Waals surface area contributed by atoms with Crippen LogP contribution in [0.4, 0.5) is 5.69 Å². The second-order valence-electron chi connectivity index (χ2n) is 7.05. The summed E-state index contributed by atoms with van der Waals surface area (Å²) in [5.41, 5.74) is -0.0619. The fourth-order valence-corrected chi connectivity index (χ4v) is 4.87. The standard InChI is InChI=1S/C21H20N4O5S/c26-19-10-8-16(31(29,30)24-12-4-5-13-24)14-18(19)22-21(28)17-9-11-20(27)25(23-17)15-6-2-1-3-7-15/h1-3,6-11,14,26H,4-5,12-13H2,(H,22,28). The number of sulfonamides is 1. The van der Waals surface area contributed by atoms with Gasteiger partial charge >= 0.3 is 0 Å². The number of rotatable bonds is 5. The molecule has 9 nitrogen and oxygen atoms in total. The van der Waals surface area contributed by atoms with Crippen LogP contribution >= 0.6 is 0 Å². The van der Waals surface area contributed by atoms with Crippen LogP contribution in [0.1, 0.15) is 23.3 Å². The number of carbonyl (C=O) groups is 1. The van der Waals surface area contributed by atoms with Crippen molar-refractivity contribution < 1.29 is 18.3 Å². The molecule has 1 aliphatic rings. The van der Waals surface area contributed by atoms with Crippen molar-refractivity contribution in [2.45, 2.75) is 17.7 Å². The minimum Gasteiger partial charge on any atom is -0.506 e. The number of nitrogens with zero attached hydrogens (tertiary/aromatic N) is 3. The zero-order chi connectivity index (χ0) is 22.0. The molecule has 1 aliphatic heterocycles. The van der Waals surface area contributed by atoms with Gasteiger partial charge in [0.05, 0.1) is 16.3 Å². The van der Waals surface area contributed by atoms with E-state index in [0.717, 1.165) is 17.5 Å². The Morgan fingerprint density at radius 1 is 1.00 bits per heavy atom. The number of benzene rings is 2. The normalized spacial score (nSPS) is 14.5. The Morgan fingerprint density at radius 3 is 2.42 bits per heavy atom. The van der Waals surface area contributed by atoms with Gasteiger partial charge in [-0.2, -0.15) is 14.1 Å². The number of phenolic OH excluding ortho intramolecular Hbond substituents is 1. The van der Waals surface area contributed by atoms with Crippen LogP contribution in [-0.2, 0) is 10.0 Å². The Balaban J connectivity index is 1.63. The second-order valence-corrected chi connectivity index (χ2v) is 8.99. The molecule has 1 aromatic heterocycles. The van der Waals surface area contributed by atoms with Gasteiger partial charge in [0.2, 0.25) is 10.0 Å². The summed E-state index contributed by atoms with van der Waals surface area (Å²) in [4.78, 5) is 24.8. The van der Waals surface area contributed by atoms with Crippen LogP contribution in [0, 0.1) is 0 Å². The third kappa shape index (κ3) is 4.21. The van der Waals surface area contributed by atoms with Crippen molar-refractivity contribution in [2.24, 2.45) is 0 Å². The molecule has 1 saturated heterocycles. The van der Waals surface area contributed by atoms with E-state index in [4.69, 9.17) is 0 Å². The Hall–Kier alpha value is -3.50. The number of nitrogens with one attached hydrogen (secondary N) is 1. The molecule has 0 bridgehead atoms. The Labute approximate surface area is 178 Å². The molecule has 4 rings (SSSR count). The quantitative estimate of drug-likeness (QED) is 0.585. The molecule has 1 amide bonds. The van der Waals surface area contributed by atoms with Crippen LogP contribution in [0.25, 0.3) is 5.69 Å². The number of aromatic hydroxyl groups is 1. The largest absolute Gasteiger partial charge is 0.506 e. The number of hydrogen-bond acceptors (Lipinski definition) is 6. The third-order valence-corrected chi connectivity index (χ3v) is 6.85. The first-order chi connectivity index (χ1) is 14.9. The minimum absolute atomic E-state index is 0.0234. The van der Waals surface area contributed by atoms with Gasteiger partial charge in [-0.1, -0.05) is 18.2 Å². The lowest BCUT2D eigenvalue weighted by Gasteiger charge is -2.16. The van der Waals surface area contributed by atoms with Gasteiger partial charge in [-0.15, -0.1) is 0 Å². The fraction of sp³-hybridized carbons (Fsp3) is 0.190. The summed E-state index contributed by atoms with van der Waals surface area (Å²) in [6.45, 7) is 0.881. The molecule has 160 valence electrons. The van der Waals surface area contributed by atoms with E-state index < -0.39 is 21.5 Å². The number of carbonyl (C=O) groups excluding carboxylic acids is 1. The molecule has 31 heavy (non-hydrogen) atoms. The zero-order valence-corrected chi connectivity index (χ0v) is 17.2. The van der Waals surface area contributed by atoms with Gasteiger partial charge in [0.25, 0.3) is 11.5 Å². The van der Waals surface area contributed by atoms with Gasteiger partial charge in [-0.3, -0.25) is 9.59 Å². The summed E-state index contributed by atoms with van der Waals surface area (Å²) >= 11 is 0. The van der Waals surface area contributed by atoms with Gasteiger partial charge in [-0.25, -0.2) is 8.42 Å². The average Bonchev–Trinajstić information content (AvgIpc) is 3.32. The van der Waals surface area contributed by atoms with Gasteiger partial charge in [0.1, 0.15) is 11.4 Å². The van der Waals surface area contributed by atoms with Crippen LogP contribution < -0.4 is 10.9 Å². The van der Waals surface area contributed by atoms with Crippen molar-refractivity contribution in [3.63, 3.8) is 0 Å². The number of phenols is 1. The predicted molar refractivity (Wildman–Crippen MR) is 114 cm³/mol. The predicted octanol–water partition coefficient (Wildman–Crippen LogP) is 1.97. The molecule has 1 fully saturated rings. The number of anilines is 1. The van der Waals surface area contributed by atoms with E-state index >= 15 is 0 Å². The molecule has 3 aromatic rings. The Morgan fingerprint density at radius 2 is 1.71 bits per heavy atom. The first-order valence-electron chi connectivity index (χ1n) is 9.66. The van der Waals surface area contributed by atoms with Crippen molar-refractivity contribution in [1.29, 1.82) is 0 Å². The lowest BCUT2D eigenvalue weighted by molar-refractivity contribution is 0.102. The minimum atomic E-state index is -3.72. The van der Waals surface area contributed by atoms with Crippen LogP contribution in [0.3, 0.4) is 0 Å². The number of para-hydroxylation sites is 1. The summed E-state index contributed by atoms with van der Waals surface area (Å²) in [5, 5.41) is 16.7. The number of amides is 1. The summed E-state index contributed by atoms with van der Waals surface area (Å²) < 4.78 is 28.0. The van der Waals surface area contributed by atoms with Gasteiger partial charge in [-0.05, 0) is 49.2 Å². The Kier molecular flexibility index (Phi) is 5.57. The highest BCUT2D eigenvalue weighted by Crippen LogP contribution is 2.29. The van der Waals surface area contributed by atoms with Crippen molar-refractivity contribution >= 4 is 21.6 Å². The lowest BCUT2D eigenvalue weighted by atomic mass is 10.2. The van der Waals surface area contributed by atoms with E-state index in [1.54, 1.807) is 30.3 Å². The second kappa shape index (κ2) is 8.32. The molecule has 0 atom stereocenters. The smallest absolute Gasteiger partial charge is 0.276 e. The van der Waals surface area contributed by atoms with Crippen molar-refractivity contribution in [1.82, 2.24) is 14.1 Å².